The van der Waals surface area contributed by atoms with Crippen LogP contribution in [-0.2, 0) is 14.3 Å². The monoisotopic (exact) mass is 396 g/mol. The maximum Gasteiger partial charge on any atom is 0.307 e. The second-order valence-electron chi connectivity index (χ2n) is 4.92. The van der Waals surface area contributed by atoms with Crippen molar-refractivity contribution >= 4 is 56.9 Å². The number of thiophene rings is 2. The predicted molar refractivity (Wildman–Crippen MR) is 96.1 cm³/mol. The van der Waals surface area contributed by atoms with Crippen molar-refractivity contribution in [2.24, 2.45) is 0 Å². The quantitative estimate of drug-likeness (QED) is 0.566. The summed E-state index contributed by atoms with van der Waals surface area (Å²) in [5, 5.41) is 13.5. The third-order valence-electron chi connectivity index (χ3n) is 3.10. The molecule has 0 unspecified atom stereocenters. The molecule has 2 rings (SSSR count). The van der Waals surface area contributed by atoms with Gasteiger partial charge in [-0.3, -0.25) is 14.4 Å². The van der Waals surface area contributed by atoms with Crippen LogP contribution < -0.4 is 5.32 Å². The number of halogens is 1. The minimum absolute atomic E-state index is 0.0203. The summed E-state index contributed by atoms with van der Waals surface area (Å²) >= 11 is 8.11. The summed E-state index contributed by atoms with van der Waals surface area (Å²) in [7, 11) is 0. The minimum Gasteiger partial charge on any atom is -0.453 e. The molecule has 2 aromatic heterocycles. The Morgan fingerprint density at radius 1 is 1.32 bits per heavy atom. The number of Topliss-reactive ketones (excluding diaryl/α,β-unsaturated/α-hetero) is 1. The molecule has 0 saturated carbocycles. The number of nitriles is 1. The number of hydrogen-bond acceptors (Lipinski definition) is 7. The highest BCUT2D eigenvalue weighted by molar-refractivity contribution is 7.18. The summed E-state index contributed by atoms with van der Waals surface area (Å²) in [6, 6.07) is 6.75. The van der Waals surface area contributed by atoms with Gasteiger partial charge in [-0.15, -0.1) is 22.7 Å². The van der Waals surface area contributed by atoms with Crippen molar-refractivity contribution in [1.29, 1.82) is 5.26 Å². The third-order valence-corrected chi connectivity index (χ3v) is 5.21. The Bertz CT molecular complexity index is 837. The number of amides is 1. The van der Waals surface area contributed by atoms with Gasteiger partial charge in [-0.2, -0.15) is 5.26 Å². The standard InChI is InChI=1S/C16H13ClN2O4S2/c1-9(15(22)19-16-10(8-18)6-7-24-16)23-14(21)5-2-11(20)12-3-4-13(17)25-12/h3-4,6-7,9H,2,5H2,1H3,(H,19,22)/t9-/m1/s1. The first-order valence-electron chi connectivity index (χ1n) is 7.17. The van der Waals surface area contributed by atoms with Crippen molar-refractivity contribution in [2.75, 3.05) is 5.32 Å². The van der Waals surface area contributed by atoms with Gasteiger partial charge in [0.2, 0.25) is 0 Å². The Balaban J connectivity index is 1.80. The van der Waals surface area contributed by atoms with Gasteiger partial charge in [0.15, 0.2) is 11.9 Å². The van der Waals surface area contributed by atoms with Gasteiger partial charge in [-0.1, -0.05) is 11.6 Å². The third kappa shape index (κ3) is 5.39. The van der Waals surface area contributed by atoms with Gasteiger partial charge in [0, 0.05) is 6.42 Å². The van der Waals surface area contributed by atoms with E-state index in [0.29, 0.717) is 19.8 Å². The van der Waals surface area contributed by atoms with Gasteiger partial charge in [0.1, 0.15) is 11.1 Å². The maximum absolute atomic E-state index is 12.0. The zero-order valence-corrected chi connectivity index (χ0v) is 15.5. The molecule has 2 aromatic rings. The van der Waals surface area contributed by atoms with Gasteiger partial charge in [0.25, 0.3) is 5.91 Å². The summed E-state index contributed by atoms with van der Waals surface area (Å²) < 4.78 is 5.52. The van der Waals surface area contributed by atoms with Crippen molar-refractivity contribution in [3.63, 3.8) is 0 Å². The van der Waals surface area contributed by atoms with Crippen molar-refractivity contribution in [2.45, 2.75) is 25.9 Å². The molecule has 2 heterocycles. The van der Waals surface area contributed by atoms with E-state index < -0.39 is 18.0 Å². The van der Waals surface area contributed by atoms with Crippen LogP contribution in [0.25, 0.3) is 0 Å². The first-order chi connectivity index (χ1) is 11.9. The van der Waals surface area contributed by atoms with Crippen LogP contribution in [0.3, 0.4) is 0 Å². The highest BCUT2D eigenvalue weighted by Crippen LogP contribution is 2.23. The first kappa shape index (κ1) is 19.1. The summed E-state index contributed by atoms with van der Waals surface area (Å²) in [6.45, 7) is 1.42. The molecule has 6 nitrogen and oxygen atoms in total. The molecule has 1 N–H and O–H groups in total. The number of rotatable bonds is 7. The fourth-order valence-electron chi connectivity index (χ4n) is 1.82. The number of nitrogens with one attached hydrogen (secondary N) is 1. The van der Waals surface area contributed by atoms with Gasteiger partial charge < -0.3 is 10.1 Å². The molecule has 0 radical (unpaired) electrons. The predicted octanol–water partition coefficient (Wildman–Crippen LogP) is 3.87. The SMILES string of the molecule is C[C@@H](OC(=O)CCC(=O)c1ccc(Cl)s1)C(=O)Nc1sccc1C#N. The van der Waals surface area contributed by atoms with E-state index in [0.717, 1.165) is 11.3 Å². The van der Waals surface area contributed by atoms with Crippen molar-refractivity contribution < 1.29 is 19.1 Å². The number of nitrogens with zero attached hydrogens (tertiary/aromatic N) is 1. The summed E-state index contributed by atoms with van der Waals surface area (Å²) in [4.78, 5) is 36.2. The van der Waals surface area contributed by atoms with E-state index in [9.17, 15) is 14.4 Å². The summed E-state index contributed by atoms with van der Waals surface area (Å²) in [6.07, 6.45) is -1.19. The number of carbonyl (C=O) groups excluding carboxylic acids is 3. The van der Waals surface area contributed by atoms with E-state index in [1.165, 1.54) is 18.3 Å². The first-order valence-corrected chi connectivity index (χ1v) is 9.24. The fourth-order valence-corrected chi connectivity index (χ4v) is 3.57. The Hall–Kier alpha value is -2.21. The zero-order chi connectivity index (χ0) is 18.4. The molecule has 0 spiro atoms. The molecule has 0 fully saturated rings. The van der Waals surface area contributed by atoms with Crippen LogP contribution >= 0.6 is 34.3 Å². The molecule has 130 valence electrons. The van der Waals surface area contributed by atoms with Gasteiger partial charge in [-0.25, -0.2) is 0 Å². The average Bonchev–Trinajstić information content (AvgIpc) is 3.21. The van der Waals surface area contributed by atoms with Crippen LogP contribution in [0.1, 0.15) is 35.0 Å². The molecule has 25 heavy (non-hydrogen) atoms. The van der Waals surface area contributed by atoms with Crippen molar-refractivity contribution in [1.82, 2.24) is 0 Å². The van der Waals surface area contributed by atoms with Crippen molar-refractivity contribution in [3.05, 3.63) is 38.4 Å². The largest absolute Gasteiger partial charge is 0.453 e. The lowest BCUT2D eigenvalue weighted by atomic mass is 10.2. The molecule has 1 amide bonds. The van der Waals surface area contributed by atoms with E-state index in [4.69, 9.17) is 21.6 Å². The summed E-state index contributed by atoms with van der Waals surface area (Å²) in [5.41, 5.74) is 0.345. The van der Waals surface area contributed by atoms with Crippen molar-refractivity contribution in [3.8, 4) is 6.07 Å². The number of ether oxygens (including phenoxy) is 1. The number of ketones is 1. The molecule has 0 saturated heterocycles. The highest BCUT2D eigenvalue weighted by atomic mass is 35.5. The van der Waals surface area contributed by atoms with Crippen LogP contribution in [0.15, 0.2) is 23.6 Å². The number of esters is 1. The van der Waals surface area contributed by atoms with Crippen LogP contribution in [-0.4, -0.2) is 23.8 Å². The Kier molecular flexibility index (Phi) is 6.70. The van der Waals surface area contributed by atoms with Gasteiger partial charge in [0.05, 0.1) is 21.2 Å². The van der Waals surface area contributed by atoms with Crippen LogP contribution in [0.4, 0.5) is 5.00 Å². The lowest BCUT2D eigenvalue weighted by Crippen LogP contribution is -2.30. The Labute approximate surface area is 157 Å². The molecule has 0 aromatic carbocycles. The molecule has 0 aliphatic carbocycles. The van der Waals surface area contributed by atoms with E-state index in [1.54, 1.807) is 23.6 Å². The summed E-state index contributed by atoms with van der Waals surface area (Å²) in [5.74, 6) is -1.39. The van der Waals surface area contributed by atoms with Crippen LogP contribution in [0.2, 0.25) is 4.34 Å². The van der Waals surface area contributed by atoms with E-state index in [2.05, 4.69) is 5.32 Å². The lowest BCUT2D eigenvalue weighted by molar-refractivity contribution is -0.153. The number of anilines is 1. The van der Waals surface area contributed by atoms with Gasteiger partial charge >= 0.3 is 5.97 Å². The maximum atomic E-state index is 12.0. The second kappa shape index (κ2) is 8.76. The Morgan fingerprint density at radius 2 is 2.08 bits per heavy atom. The van der Waals surface area contributed by atoms with Crippen LogP contribution in [0, 0.1) is 11.3 Å². The molecular weight excluding hydrogens is 384 g/mol. The lowest BCUT2D eigenvalue weighted by Gasteiger charge is -2.12. The fraction of sp³-hybridized carbons (Fsp3) is 0.250. The Morgan fingerprint density at radius 3 is 2.72 bits per heavy atom. The molecule has 9 heteroatoms. The number of carbonyl (C=O) groups is 3. The molecular formula is C16H13ClN2O4S2. The topological polar surface area (TPSA) is 96.3 Å². The molecule has 0 aliphatic rings. The smallest absolute Gasteiger partial charge is 0.307 e. The normalized spacial score (nSPS) is 11.4. The minimum atomic E-state index is -1.03. The number of hydrogen-bond donors (Lipinski definition) is 1. The molecule has 0 aliphatic heterocycles. The highest BCUT2D eigenvalue weighted by Gasteiger charge is 2.20. The average molecular weight is 397 g/mol. The zero-order valence-electron chi connectivity index (χ0n) is 13.1. The molecule has 1 atom stereocenters. The van der Waals surface area contributed by atoms with Gasteiger partial charge in [-0.05, 0) is 30.5 Å². The van der Waals surface area contributed by atoms with E-state index >= 15 is 0 Å². The molecule has 0 bridgehead atoms. The van der Waals surface area contributed by atoms with E-state index in [-0.39, 0.29) is 18.6 Å². The van der Waals surface area contributed by atoms with Crippen LogP contribution in [0.5, 0.6) is 0 Å². The second-order valence-corrected chi connectivity index (χ2v) is 7.55. The van der Waals surface area contributed by atoms with E-state index in [1.807, 2.05) is 6.07 Å².